The second-order valence-electron chi connectivity index (χ2n) is 7.52. The smallest absolute Gasteiger partial charge is 0.0972 e. The molecule has 35 heavy (non-hydrogen) atoms. The molecular formula is C33H22N2. The van der Waals surface area contributed by atoms with Crippen LogP contribution in [0.3, 0.4) is 0 Å². The van der Waals surface area contributed by atoms with Crippen LogP contribution < -0.4 is 0 Å². The number of hydrogen-bond acceptors (Lipinski definition) is 2. The van der Waals surface area contributed by atoms with Crippen LogP contribution in [0.5, 0.6) is 0 Å². The topological polar surface area (TPSA) is 25.8 Å². The van der Waals surface area contributed by atoms with Gasteiger partial charge in [-0.05, 0) is 51.6 Å². The molecule has 2 nitrogen and oxygen atoms in total. The van der Waals surface area contributed by atoms with Crippen LogP contribution in [0.1, 0.15) is 45.0 Å². The Balaban J connectivity index is 1.60. The fraction of sp³-hybridized carbons (Fsp3) is 0.0303. The highest BCUT2D eigenvalue weighted by Gasteiger charge is 2.16. The fourth-order valence-electron chi connectivity index (χ4n) is 3.89. The quantitative estimate of drug-likeness (QED) is 0.244. The maximum Gasteiger partial charge on any atom is 0.0972 e. The Labute approximate surface area is 232 Å². The molecule has 4 aromatic carbocycles. The van der Waals surface area contributed by atoms with Gasteiger partial charge in [-0.1, -0.05) is 103 Å². The summed E-state index contributed by atoms with van der Waals surface area (Å²) in [5, 5.41) is -1.65. The van der Waals surface area contributed by atoms with Crippen LogP contribution >= 0.6 is 0 Å². The van der Waals surface area contributed by atoms with Gasteiger partial charge in [0.2, 0.25) is 0 Å². The molecule has 0 atom stereocenters. The van der Waals surface area contributed by atoms with Gasteiger partial charge >= 0.3 is 0 Å². The molecule has 6 aromatic rings. The first-order chi connectivity index (χ1) is 25.7. The SMILES string of the molecule is [2H]C1=C(c2c([2H])c([2H])c([2H])c([2H])c2[2H])CC(c2c([2H])c([2H])c(-c3nc4c(c([2H])c3[2H])c([2H])c([2H])c3c([2H])c([2H])c([2H])nc34)c3c([2H])c([2H])c([2H])c([2H])c23)=C1[2H]. The predicted octanol–water partition coefficient (Wildman–Crippen LogP) is 8.47. The zero-order valence-electron chi connectivity index (χ0n) is 37.6. The van der Waals surface area contributed by atoms with Crippen molar-refractivity contribution in [3.8, 4) is 11.3 Å². The van der Waals surface area contributed by atoms with Crippen molar-refractivity contribution in [3.05, 3.63) is 132 Å². The van der Waals surface area contributed by atoms with Crippen LogP contribution in [0.4, 0.5) is 0 Å². The summed E-state index contributed by atoms with van der Waals surface area (Å²) in [4.78, 5) is 8.44. The molecule has 7 rings (SSSR count). The normalized spacial score (nSPS) is 21.9. The third-order valence-corrected chi connectivity index (χ3v) is 5.51. The lowest BCUT2D eigenvalue weighted by molar-refractivity contribution is 1.37. The van der Waals surface area contributed by atoms with E-state index >= 15 is 0 Å². The minimum atomic E-state index is -0.800. The highest BCUT2D eigenvalue weighted by Crippen LogP contribution is 2.39. The third kappa shape index (κ3) is 3.34. The van der Waals surface area contributed by atoms with Crippen LogP contribution in [0.2, 0.25) is 0 Å². The summed E-state index contributed by atoms with van der Waals surface area (Å²) >= 11 is 0. The lowest BCUT2D eigenvalue weighted by Gasteiger charge is -2.14. The molecule has 0 unspecified atom stereocenters. The van der Waals surface area contributed by atoms with Gasteiger partial charge in [0.25, 0.3) is 0 Å². The van der Waals surface area contributed by atoms with E-state index in [9.17, 15) is 2.74 Å². The molecule has 2 heteroatoms. The molecule has 0 bridgehead atoms. The molecule has 0 N–H and O–H groups in total. The van der Waals surface area contributed by atoms with Gasteiger partial charge in [0.05, 0.1) is 44.1 Å². The maximum atomic E-state index is 9.23. The number of hydrogen-bond donors (Lipinski definition) is 0. The van der Waals surface area contributed by atoms with E-state index in [1.54, 1.807) is 0 Å². The number of pyridine rings is 2. The number of allylic oxidation sites excluding steroid dienone is 4. The van der Waals surface area contributed by atoms with Gasteiger partial charge in [0.15, 0.2) is 0 Å². The Morgan fingerprint density at radius 3 is 2.11 bits per heavy atom. The van der Waals surface area contributed by atoms with Gasteiger partial charge in [-0.15, -0.1) is 0 Å². The first-order valence-corrected chi connectivity index (χ1v) is 10.4. The van der Waals surface area contributed by atoms with Crippen molar-refractivity contribution >= 4 is 43.7 Å². The van der Waals surface area contributed by atoms with Crippen molar-refractivity contribution in [2.75, 3.05) is 0 Å². The van der Waals surface area contributed by atoms with E-state index < -0.39 is 155 Å². The second-order valence-corrected chi connectivity index (χ2v) is 7.52. The average Bonchev–Trinajstić information content (AvgIpc) is 3.43. The number of nitrogens with zero attached hydrogens (tertiary/aromatic N) is 2. The van der Waals surface area contributed by atoms with Gasteiger partial charge in [0.1, 0.15) is 0 Å². The van der Waals surface area contributed by atoms with E-state index in [0.29, 0.717) is 0 Å². The van der Waals surface area contributed by atoms with Gasteiger partial charge in [-0.3, -0.25) is 4.98 Å². The minimum Gasteiger partial charge on any atom is -0.254 e. The van der Waals surface area contributed by atoms with Crippen molar-refractivity contribution in [1.82, 2.24) is 9.97 Å². The minimum absolute atomic E-state index is 0.192. The van der Waals surface area contributed by atoms with E-state index in [1.165, 1.54) is 0 Å². The second kappa shape index (κ2) is 8.03. The first-order valence-electron chi connectivity index (χ1n) is 20.4. The molecule has 0 spiro atoms. The monoisotopic (exact) mass is 466 g/mol. The van der Waals surface area contributed by atoms with Crippen molar-refractivity contribution in [2.45, 2.75) is 6.42 Å². The van der Waals surface area contributed by atoms with Gasteiger partial charge in [-0.25, -0.2) is 4.98 Å². The van der Waals surface area contributed by atoms with Crippen molar-refractivity contribution < 1.29 is 27.4 Å². The van der Waals surface area contributed by atoms with Gasteiger partial charge in [-0.2, -0.15) is 0 Å². The standard InChI is InChI=1S/C33H22N2/c1-2-7-22(8-3-1)25-14-15-26(21-25)27-17-18-30(29-11-5-4-10-28(27)29)31-19-16-24-13-12-23-9-6-20-34-32(23)33(24)35-31/h1-20H,21H2/i1D,2D,3D,4D,5D,6D,7D,8D,9D,10D,11D,12D,13D,14D,15D,16D,17D,18D,19D,20D. The average molecular weight is 467 g/mol. The number of rotatable bonds is 3. The summed E-state index contributed by atoms with van der Waals surface area (Å²) in [7, 11) is 0. The van der Waals surface area contributed by atoms with Crippen LogP contribution in [0, 0.1) is 0 Å². The zero-order valence-corrected chi connectivity index (χ0v) is 17.6. The molecule has 164 valence electrons. The van der Waals surface area contributed by atoms with Crippen LogP contribution in [0.15, 0.2) is 121 Å². The predicted molar refractivity (Wildman–Crippen MR) is 147 cm³/mol. The maximum absolute atomic E-state index is 9.23. The van der Waals surface area contributed by atoms with Gasteiger partial charge < -0.3 is 0 Å². The van der Waals surface area contributed by atoms with E-state index in [1.807, 2.05) is 0 Å². The van der Waals surface area contributed by atoms with E-state index in [4.69, 9.17) is 24.7 Å². The Morgan fingerprint density at radius 2 is 1.26 bits per heavy atom. The van der Waals surface area contributed by atoms with E-state index in [2.05, 4.69) is 9.97 Å². The molecule has 0 fully saturated rings. The number of aromatic nitrogens is 2. The van der Waals surface area contributed by atoms with Crippen molar-refractivity contribution in [3.63, 3.8) is 0 Å². The summed E-state index contributed by atoms with van der Waals surface area (Å²) < 4.78 is 172. The number of benzene rings is 4. The molecule has 0 radical (unpaired) electrons. The summed E-state index contributed by atoms with van der Waals surface area (Å²) in [6.45, 7) is 0. The van der Waals surface area contributed by atoms with Crippen LogP contribution in [-0.4, -0.2) is 9.97 Å². The first kappa shape index (κ1) is 8.28. The largest absolute Gasteiger partial charge is 0.254 e. The lowest BCUT2D eigenvalue weighted by atomic mass is 9.91. The molecule has 2 heterocycles. The molecule has 0 aliphatic heterocycles. The van der Waals surface area contributed by atoms with Gasteiger partial charge in [0, 0.05) is 22.5 Å². The van der Waals surface area contributed by atoms with E-state index in [0.717, 1.165) is 0 Å². The summed E-state index contributed by atoms with van der Waals surface area (Å²) in [5.74, 6) is 0. The summed E-state index contributed by atoms with van der Waals surface area (Å²) in [5.41, 5.74) is -3.04. The zero-order chi connectivity index (χ0) is 40.6. The Morgan fingerprint density at radius 1 is 0.571 bits per heavy atom. The van der Waals surface area contributed by atoms with E-state index in [-0.39, 0.29) is 38.5 Å². The summed E-state index contributed by atoms with van der Waals surface area (Å²) in [6, 6.07) is -13.3. The molecule has 0 saturated heterocycles. The molecule has 0 amide bonds. The Bertz CT molecular complexity index is 2870. The van der Waals surface area contributed by atoms with Crippen LogP contribution in [0.25, 0.3) is 55.0 Å². The Kier molecular flexibility index (Phi) is 1.90. The molecular weight excluding hydrogens is 424 g/mol. The van der Waals surface area contributed by atoms with Crippen molar-refractivity contribution in [1.29, 1.82) is 0 Å². The molecule has 1 aliphatic carbocycles. The molecule has 0 saturated carbocycles. The fourth-order valence-corrected chi connectivity index (χ4v) is 3.89. The lowest BCUT2D eigenvalue weighted by Crippen LogP contribution is -1.92. The molecule has 2 aromatic heterocycles. The Hall–Kier alpha value is -4.56. The van der Waals surface area contributed by atoms with Crippen LogP contribution in [-0.2, 0) is 0 Å². The highest BCUT2D eigenvalue weighted by molar-refractivity contribution is 6.07. The summed E-state index contributed by atoms with van der Waals surface area (Å²) in [6.07, 6.45) is -1.20. The molecule has 1 aliphatic rings. The third-order valence-electron chi connectivity index (χ3n) is 5.51. The number of fused-ring (bicyclic) bond motifs is 4. The van der Waals surface area contributed by atoms with Crippen molar-refractivity contribution in [2.24, 2.45) is 0 Å². The highest BCUT2D eigenvalue weighted by atomic mass is 14.8.